The molecule has 0 spiro atoms. The van der Waals surface area contributed by atoms with Crippen molar-refractivity contribution in [1.29, 1.82) is 0 Å². The van der Waals surface area contributed by atoms with Crippen LogP contribution in [0.1, 0.15) is 41.5 Å². The summed E-state index contributed by atoms with van der Waals surface area (Å²) in [6, 6.07) is 6.13. The zero-order valence-electron chi connectivity index (χ0n) is 15.1. The molecule has 1 aromatic carbocycles. The molecule has 2 aromatic rings. The lowest BCUT2D eigenvalue weighted by atomic mass is 9.82. The fourth-order valence-corrected chi connectivity index (χ4v) is 3.45. The molecule has 1 amide bonds. The van der Waals surface area contributed by atoms with Gasteiger partial charge < -0.3 is 10.0 Å². The van der Waals surface area contributed by atoms with E-state index in [1.54, 1.807) is 13.0 Å². The van der Waals surface area contributed by atoms with Crippen LogP contribution in [0.4, 0.5) is 4.39 Å². The zero-order chi connectivity index (χ0) is 19.1. The van der Waals surface area contributed by atoms with E-state index in [-0.39, 0.29) is 23.7 Å². The number of hydrogen-bond acceptors (Lipinski definition) is 3. The van der Waals surface area contributed by atoms with Gasteiger partial charge in [-0.05, 0) is 57.9 Å². The fourth-order valence-electron chi connectivity index (χ4n) is 3.45. The summed E-state index contributed by atoms with van der Waals surface area (Å²) in [6.45, 7) is 5.90. The Labute approximate surface area is 151 Å². The molecule has 6 nitrogen and oxygen atoms in total. The number of aromatic nitrogens is 2. The predicted molar refractivity (Wildman–Crippen MR) is 93.9 cm³/mol. The Kier molecular flexibility index (Phi) is 4.56. The Morgan fingerprint density at radius 3 is 2.58 bits per heavy atom. The van der Waals surface area contributed by atoms with Crippen molar-refractivity contribution in [1.82, 2.24) is 14.7 Å². The second-order valence-corrected chi connectivity index (χ2v) is 7.20. The summed E-state index contributed by atoms with van der Waals surface area (Å²) in [7, 11) is 0. The average Bonchev–Trinajstić information content (AvgIpc) is 2.92. The number of piperidine rings is 1. The number of carboxylic acid groups (broad SMARTS) is 1. The van der Waals surface area contributed by atoms with Gasteiger partial charge in [0.15, 0.2) is 0 Å². The number of rotatable bonds is 3. The van der Waals surface area contributed by atoms with Crippen LogP contribution < -0.4 is 0 Å². The van der Waals surface area contributed by atoms with E-state index in [2.05, 4.69) is 5.10 Å². The number of carbonyl (C=O) groups excluding carboxylic acids is 1. The predicted octanol–water partition coefficient (Wildman–Crippen LogP) is 2.96. The molecule has 1 N–H and O–H groups in total. The van der Waals surface area contributed by atoms with Crippen molar-refractivity contribution in [3.63, 3.8) is 0 Å². The largest absolute Gasteiger partial charge is 0.481 e. The van der Waals surface area contributed by atoms with Crippen LogP contribution in [0.5, 0.6) is 0 Å². The molecule has 1 aliphatic heterocycles. The SMILES string of the molecule is Cc1cc(C)n(-c2ccc(C(=O)N3CCCC(C)(C(=O)O)C3)cc2F)n1. The molecule has 2 heterocycles. The topological polar surface area (TPSA) is 75.4 Å². The van der Waals surface area contributed by atoms with Gasteiger partial charge in [0.1, 0.15) is 11.5 Å². The molecule has 1 atom stereocenters. The van der Waals surface area contributed by atoms with E-state index in [1.807, 2.05) is 19.9 Å². The van der Waals surface area contributed by atoms with Crippen molar-refractivity contribution < 1.29 is 19.1 Å². The minimum atomic E-state index is -0.962. The molecule has 7 heteroatoms. The van der Waals surface area contributed by atoms with Crippen molar-refractivity contribution in [2.24, 2.45) is 5.41 Å². The molecule has 3 rings (SSSR count). The highest BCUT2D eigenvalue weighted by atomic mass is 19.1. The number of halogens is 1. The highest BCUT2D eigenvalue weighted by molar-refractivity contribution is 5.95. The fraction of sp³-hybridized carbons (Fsp3) is 0.421. The summed E-state index contributed by atoms with van der Waals surface area (Å²) in [5.41, 5.74) is 1.11. The third-order valence-corrected chi connectivity index (χ3v) is 4.93. The third-order valence-electron chi connectivity index (χ3n) is 4.93. The quantitative estimate of drug-likeness (QED) is 0.914. The summed E-state index contributed by atoms with van der Waals surface area (Å²) in [6.07, 6.45) is 1.14. The van der Waals surface area contributed by atoms with Crippen molar-refractivity contribution in [3.8, 4) is 5.69 Å². The second-order valence-electron chi connectivity index (χ2n) is 7.20. The summed E-state index contributed by atoms with van der Waals surface area (Å²) < 4.78 is 16.1. The van der Waals surface area contributed by atoms with Gasteiger partial charge in [-0.3, -0.25) is 9.59 Å². The van der Waals surface area contributed by atoms with Gasteiger partial charge in [-0.1, -0.05) is 0 Å². The molecule has 0 aliphatic carbocycles. The molecular weight excluding hydrogens is 337 g/mol. The minimum Gasteiger partial charge on any atom is -0.481 e. The van der Waals surface area contributed by atoms with Gasteiger partial charge in [-0.25, -0.2) is 9.07 Å². The highest BCUT2D eigenvalue weighted by Crippen LogP contribution is 2.30. The van der Waals surface area contributed by atoms with E-state index in [1.165, 1.54) is 21.7 Å². The van der Waals surface area contributed by atoms with Gasteiger partial charge in [0.25, 0.3) is 5.91 Å². The Bertz CT molecular complexity index is 877. The molecule has 1 aliphatic rings. The maximum Gasteiger partial charge on any atom is 0.311 e. The molecular formula is C19H22FN3O3. The number of likely N-dealkylation sites (tertiary alicyclic amines) is 1. The van der Waals surface area contributed by atoms with Gasteiger partial charge in [-0.15, -0.1) is 0 Å². The number of nitrogens with zero attached hydrogens (tertiary/aromatic N) is 3. The number of benzene rings is 1. The Morgan fingerprint density at radius 2 is 2.00 bits per heavy atom. The Hall–Kier alpha value is -2.70. The van der Waals surface area contributed by atoms with E-state index in [0.29, 0.717) is 19.4 Å². The van der Waals surface area contributed by atoms with Gasteiger partial charge in [0, 0.05) is 24.3 Å². The summed E-state index contributed by atoms with van der Waals surface area (Å²) >= 11 is 0. The number of hydrogen-bond donors (Lipinski definition) is 1. The standard InChI is InChI=1S/C19H22FN3O3/c1-12-9-13(2)23(21-12)16-6-5-14(10-15(16)20)17(24)22-8-4-7-19(3,11-22)18(25)26/h5-6,9-10H,4,7-8,11H2,1-3H3,(H,25,26). The molecule has 0 bridgehead atoms. The number of aliphatic carboxylic acids is 1. The monoisotopic (exact) mass is 359 g/mol. The van der Waals surface area contributed by atoms with Crippen LogP contribution in [-0.2, 0) is 4.79 Å². The first-order chi connectivity index (χ1) is 12.2. The first-order valence-corrected chi connectivity index (χ1v) is 8.57. The second kappa shape index (κ2) is 6.55. The van der Waals surface area contributed by atoms with Crippen molar-refractivity contribution in [2.45, 2.75) is 33.6 Å². The Morgan fingerprint density at radius 1 is 1.27 bits per heavy atom. The first kappa shape index (κ1) is 18.1. The molecule has 1 saturated heterocycles. The van der Waals surface area contributed by atoms with Crippen LogP contribution >= 0.6 is 0 Å². The van der Waals surface area contributed by atoms with Gasteiger partial charge in [0.2, 0.25) is 0 Å². The van der Waals surface area contributed by atoms with E-state index in [0.717, 1.165) is 11.4 Å². The third kappa shape index (κ3) is 3.21. The lowest BCUT2D eigenvalue weighted by molar-refractivity contribution is -0.150. The van der Waals surface area contributed by atoms with Crippen molar-refractivity contribution in [2.75, 3.05) is 13.1 Å². The Balaban J connectivity index is 1.86. The zero-order valence-corrected chi connectivity index (χ0v) is 15.1. The molecule has 26 heavy (non-hydrogen) atoms. The van der Waals surface area contributed by atoms with E-state index < -0.39 is 17.2 Å². The number of amides is 1. The molecule has 1 fully saturated rings. The molecule has 138 valence electrons. The van der Waals surface area contributed by atoms with Gasteiger partial charge in [0.05, 0.1) is 11.1 Å². The van der Waals surface area contributed by atoms with Crippen LogP contribution in [0.2, 0.25) is 0 Å². The van der Waals surface area contributed by atoms with Crippen LogP contribution in [0.25, 0.3) is 5.69 Å². The summed E-state index contributed by atoms with van der Waals surface area (Å²) in [5.74, 6) is -1.81. The normalized spacial score (nSPS) is 20.2. The van der Waals surface area contributed by atoms with Crippen LogP contribution in [-0.4, -0.2) is 44.8 Å². The molecule has 1 unspecified atom stereocenters. The average molecular weight is 359 g/mol. The number of aryl methyl sites for hydroxylation is 2. The number of carbonyl (C=O) groups is 2. The van der Waals surface area contributed by atoms with E-state index >= 15 is 0 Å². The van der Waals surface area contributed by atoms with Crippen molar-refractivity contribution in [3.05, 3.63) is 47.0 Å². The summed E-state index contributed by atoms with van der Waals surface area (Å²) in [4.78, 5) is 25.7. The minimum absolute atomic E-state index is 0.127. The lowest BCUT2D eigenvalue weighted by Gasteiger charge is -2.37. The first-order valence-electron chi connectivity index (χ1n) is 8.57. The van der Waals surface area contributed by atoms with Crippen LogP contribution in [0, 0.1) is 25.1 Å². The highest BCUT2D eigenvalue weighted by Gasteiger charge is 2.39. The van der Waals surface area contributed by atoms with E-state index in [9.17, 15) is 19.1 Å². The molecule has 0 radical (unpaired) electrons. The summed E-state index contributed by atoms with van der Waals surface area (Å²) in [5, 5.41) is 13.7. The maximum atomic E-state index is 14.6. The molecule has 0 saturated carbocycles. The molecule has 1 aromatic heterocycles. The van der Waals surface area contributed by atoms with Gasteiger partial charge in [-0.2, -0.15) is 5.10 Å². The number of carboxylic acids is 1. The van der Waals surface area contributed by atoms with Crippen LogP contribution in [0.3, 0.4) is 0 Å². The van der Waals surface area contributed by atoms with Crippen LogP contribution in [0.15, 0.2) is 24.3 Å². The lowest BCUT2D eigenvalue weighted by Crippen LogP contribution is -2.48. The smallest absolute Gasteiger partial charge is 0.311 e. The van der Waals surface area contributed by atoms with E-state index in [4.69, 9.17) is 0 Å². The van der Waals surface area contributed by atoms with Gasteiger partial charge >= 0.3 is 5.97 Å². The van der Waals surface area contributed by atoms with Crippen molar-refractivity contribution >= 4 is 11.9 Å². The maximum absolute atomic E-state index is 14.6.